The van der Waals surface area contributed by atoms with Crippen LogP contribution in [0.2, 0.25) is 0 Å². The van der Waals surface area contributed by atoms with Gasteiger partial charge in [0.15, 0.2) is 5.82 Å². The number of hydrogen-bond acceptors (Lipinski definition) is 5. The van der Waals surface area contributed by atoms with Crippen molar-refractivity contribution in [3.05, 3.63) is 188 Å². The van der Waals surface area contributed by atoms with Crippen molar-refractivity contribution in [2.75, 3.05) is 0 Å². The van der Waals surface area contributed by atoms with Gasteiger partial charge in [0.05, 0.1) is 11.4 Å². The molecule has 0 radical (unpaired) electrons. The third-order valence-corrected chi connectivity index (χ3v) is 11.8. The molecule has 0 atom stereocenters. The van der Waals surface area contributed by atoms with Gasteiger partial charge in [-0.05, 0) is 64.2 Å². The summed E-state index contributed by atoms with van der Waals surface area (Å²) in [7, 11) is 0. The smallest absolute Gasteiger partial charge is 0.160 e. The van der Waals surface area contributed by atoms with Gasteiger partial charge < -0.3 is 4.42 Å². The van der Waals surface area contributed by atoms with Gasteiger partial charge in [0.25, 0.3) is 0 Å². The molecule has 11 aromatic rings. The second-order valence-corrected chi connectivity index (χ2v) is 15.1. The van der Waals surface area contributed by atoms with E-state index >= 15 is 0 Å². The minimum absolute atomic E-state index is 0.677. The Morgan fingerprint density at radius 1 is 0.411 bits per heavy atom. The molecule has 0 spiro atoms. The van der Waals surface area contributed by atoms with E-state index < -0.39 is 0 Å². The van der Waals surface area contributed by atoms with Gasteiger partial charge in [-0.25, -0.2) is 9.97 Å². The lowest BCUT2D eigenvalue weighted by atomic mass is 9.94. The molecule has 0 saturated heterocycles. The van der Waals surface area contributed by atoms with Gasteiger partial charge >= 0.3 is 0 Å². The van der Waals surface area contributed by atoms with Crippen LogP contribution in [0.1, 0.15) is 0 Å². The standard InChI is InChI=1S/C51H31N3OS/c1-2-9-34(10-3-1)44-30-45(54-51(53-44)36-22-16-32(17-23-36)38-11-8-28-52-31-38)35-20-18-33(19-21-35)40-27-26-39(49-43-13-4-6-14-46(43)55-50(40)49)37-24-25-42-41-12-5-7-15-47(41)56-48(42)29-37/h1-31H. The Labute approximate surface area is 327 Å². The summed E-state index contributed by atoms with van der Waals surface area (Å²) in [5, 5.41) is 4.85. The predicted molar refractivity (Wildman–Crippen MR) is 233 cm³/mol. The molecule has 0 bridgehead atoms. The monoisotopic (exact) mass is 733 g/mol. The summed E-state index contributed by atoms with van der Waals surface area (Å²) in [5.74, 6) is 0.677. The van der Waals surface area contributed by atoms with Crippen molar-refractivity contribution >= 4 is 53.4 Å². The molecule has 262 valence electrons. The zero-order valence-corrected chi connectivity index (χ0v) is 30.9. The molecular weight excluding hydrogens is 703 g/mol. The maximum Gasteiger partial charge on any atom is 0.160 e. The van der Waals surface area contributed by atoms with Gasteiger partial charge in [0.1, 0.15) is 11.2 Å². The van der Waals surface area contributed by atoms with Crippen molar-refractivity contribution in [3.8, 4) is 67.3 Å². The van der Waals surface area contributed by atoms with E-state index in [-0.39, 0.29) is 0 Å². The number of aromatic nitrogens is 3. The van der Waals surface area contributed by atoms with Gasteiger partial charge in [-0.2, -0.15) is 0 Å². The van der Waals surface area contributed by atoms with Crippen molar-refractivity contribution in [2.45, 2.75) is 0 Å². The minimum atomic E-state index is 0.677. The van der Waals surface area contributed by atoms with Crippen LogP contribution in [0, 0.1) is 0 Å². The lowest BCUT2D eigenvalue weighted by Gasteiger charge is -2.11. The van der Waals surface area contributed by atoms with Gasteiger partial charge in [0.2, 0.25) is 0 Å². The number of fused-ring (bicyclic) bond motifs is 6. The van der Waals surface area contributed by atoms with Crippen LogP contribution in [0.5, 0.6) is 0 Å². The first-order chi connectivity index (χ1) is 27.7. The fourth-order valence-corrected chi connectivity index (χ4v) is 8.98. The average molecular weight is 734 g/mol. The molecule has 0 aliphatic carbocycles. The Hall–Kier alpha value is -7.21. The lowest BCUT2D eigenvalue weighted by molar-refractivity contribution is 0.670. The highest BCUT2D eigenvalue weighted by molar-refractivity contribution is 7.25. The minimum Gasteiger partial charge on any atom is -0.455 e. The maximum atomic E-state index is 6.70. The quantitative estimate of drug-likeness (QED) is 0.171. The Balaban J connectivity index is 0.998. The highest BCUT2D eigenvalue weighted by Crippen LogP contribution is 2.44. The number of benzene rings is 7. The van der Waals surface area contributed by atoms with E-state index in [4.69, 9.17) is 14.4 Å². The number of nitrogens with zero attached hydrogens (tertiary/aromatic N) is 3. The second kappa shape index (κ2) is 13.3. The molecule has 7 aromatic carbocycles. The number of thiophene rings is 1. The van der Waals surface area contributed by atoms with Crippen LogP contribution in [0.4, 0.5) is 0 Å². The number of pyridine rings is 1. The summed E-state index contributed by atoms with van der Waals surface area (Å²) in [6, 6.07) is 61.7. The maximum absolute atomic E-state index is 6.70. The highest BCUT2D eigenvalue weighted by atomic mass is 32.1. The molecule has 0 saturated carbocycles. The summed E-state index contributed by atoms with van der Waals surface area (Å²) >= 11 is 1.85. The highest BCUT2D eigenvalue weighted by Gasteiger charge is 2.19. The predicted octanol–water partition coefficient (Wildman–Crippen LogP) is 14.1. The molecule has 0 fully saturated rings. The number of rotatable bonds is 6. The summed E-state index contributed by atoms with van der Waals surface area (Å²) < 4.78 is 9.29. The van der Waals surface area contributed by atoms with Crippen molar-refractivity contribution in [3.63, 3.8) is 0 Å². The first kappa shape index (κ1) is 32.2. The Bertz CT molecular complexity index is 3220. The normalized spacial score (nSPS) is 11.6. The molecule has 4 nitrogen and oxygen atoms in total. The van der Waals surface area contributed by atoms with Crippen LogP contribution in [0.3, 0.4) is 0 Å². The number of para-hydroxylation sites is 1. The van der Waals surface area contributed by atoms with E-state index in [1.807, 2.05) is 47.9 Å². The summed E-state index contributed by atoms with van der Waals surface area (Å²) in [5.41, 5.74) is 13.2. The van der Waals surface area contributed by atoms with E-state index in [2.05, 4.69) is 151 Å². The zero-order valence-electron chi connectivity index (χ0n) is 30.1. The van der Waals surface area contributed by atoms with E-state index in [1.165, 1.54) is 31.3 Å². The first-order valence-electron chi connectivity index (χ1n) is 18.7. The molecular formula is C51H31N3OS. The van der Waals surface area contributed by atoms with Crippen LogP contribution >= 0.6 is 11.3 Å². The molecule has 4 heterocycles. The summed E-state index contributed by atoms with van der Waals surface area (Å²) in [6.07, 6.45) is 3.67. The van der Waals surface area contributed by atoms with Crippen LogP contribution in [-0.2, 0) is 0 Å². The largest absolute Gasteiger partial charge is 0.455 e. The summed E-state index contributed by atoms with van der Waals surface area (Å²) in [6.45, 7) is 0. The first-order valence-corrected chi connectivity index (χ1v) is 19.5. The van der Waals surface area contributed by atoms with Gasteiger partial charge in [-0.15, -0.1) is 11.3 Å². The number of furan rings is 1. The van der Waals surface area contributed by atoms with Crippen LogP contribution in [0.15, 0.2) is 193 Å². The molecule has 0 unspecified atom stereocenters. The molecule has 0 aliphatic rings. The van der Waals surface area contributed by atoms with Crippen molar-refractivity contribution in [1.29, 1.82) is 0 Å². The van der Waals surface area contributed by atoms with Gasteiger partial charge in [-0.1, -0.05) is 140 Å². The van der Waals surface area contributed by atoms with Gasteiger partial charge in [-0.3, -0.25) is 4.98 Å². The van der Waals surface area contributed by atoms with Crippen LogP contribution in [0.25, 0.3) is 109 Å². The Morgan fingerprint density at radius 3 is 1.84 bits per heavy atom. The zero-order chi connectivity index (χ0) is 37.0. The molecule has 0 N–H and O–H groups in total. The van der Waals surface area contributed by atoms with Crippen LogP contribution < -0.4 is 0 Å². The topological polar surface area (TPSA) is 51.8 Å². The third-order valence-electron chi connectivity index (χ3n) is 10.6. The fraction of sp³-hybridized carbons (Fsp3) is 0. The average Bonchev–Trinajstić information content (AvgIpc) is 3.85. The van der Waals surface area contributed by atoms with Crippen molar-refractivity contribution < 1.29 is 4.42 Å². The van der Waals surface area contributed by atoms with Crippen LogP contribution in [-0.4, -0.2) is 15.0 Å². The van der Waals surface area contributed by atoms with E-state index in [0.717, 1.165) is 72.3 Å². The molecule has 4 aromatic heterocycles. The van der Waals surface area contributed by atoms with E-state index in [0.29, 0.717) is 5.82 Å². The van der Waals surface area contributed by atoms with E-state index in [1.54, 1.807) is 6.20 Å². The Morgan fingerprint density at radius 2 is 1.04 bits per heavy atom. The SMILES string of the molecule is c1ccc(-c2cc(-c3ccc(-c4ccc(-c5ccc6c(c5)sc5ccccc56)c5c4oc4ccccc45)cc3)nc(-c3ccc(-c4cccnc4)cc3)n2)cc1. The molecule has 11 rings (SSSR count). The van der Waals surface area contributed by atoms with Crippen molar-refractivity contribution in [2.24, 2.45) is 0 Å². The third kappa shape index (κ3) is 5.56. The number of hydrogen-bond donors (Lipinski definition) is 0. The Kier molecular flexibility index (Phi) is 7.64. The van der Waals surface area contributed by atoms with Gasteiger partial charge in [0, 0.05) is 65.6 Å². The molecule has 0 amide bonds. The molecule has 5 heteroatoms. The summed E-state index contributed by atoms with van der Waals surface area (Å²) in [4.78, 5) is 14.5. The molecule has 0 aliphatic heterocycles. The van der Waals surface area contributed by atoms with E-state index in [9.17, 15) is 0 Å². The lowest BCUT2D eigenvalue weighted by Crippen LogP contribution is -1.96. The fourth-order valence-electron chi connectivity index (χ4n) is 7.84. The van der Waals surface area contributed by atoms with Crippen molar-refractivity contribution in [1.82, 2.24) is 15.0 Å². The second-order valence-electron chi connectivity index (χ2n) is 14.0. The molecule has 56 heavy (non-hydrogen) atoms.